The lowest BCUT2D eigenvalue weighted by atomic mass is 9.85. The number of nitrogens with zero attached hydrogens (tertiary/aromatic N) is 1. The number of thioether (sulfide) groups is 1. The zero-order valence-corrected chi connectivity index (χ0v) is 23.0. The Morgan fingerprint density at radius 3 is 2.50 bits per heavy atom. The molecule has 0 atom stereocenters. The third kappa shape index (κ3) is 7.51. The molecule has 0 bridgehead atoms. The Bertz CT molecular complexity index is 1000. The predicted octanol–water partition coefficient (Wildman–Crippen LogP) is 5.87. The molecule has 0 amide bonds. The minimum absolute atomic E-state index is 0. The fourth-order valence-corrected chi connectivity index (χ4v) is 5.96. The normalized spacial score (nSPS) is 14.4. The van der Waals surface area contributed by atoms with Crippen LogP contribution in [-0.2, 0) is 12.3 Å². The van der Waals surface area contributed by atoms with E-state index in [2.05, 4.69) is 47.2 Å². The summed E-state index contributed by atoms with van der Waals surface area (Å²) < 4.78 is 2.45. The summed E-state index contributed by atoms with van der Waals surface area (Å²) in [5.74, 6) is 1.89. The highest BCUT2D eigenvalue weighted by molar-refractivity contribution is 7.98. The van der Waals surface area contributed by atoms with Crippen molar-refractivity contribution in [1.29, 1.82) is 0 Å². The van der Waals surface area contributed by atoms with E-state index in [1.54, 1.807) is 0 Å². The van der Waals surface area contributed by atoms with E-state index >= 15 is 0 Å². The first-order valence-corrected chi connectivity index (χ1v) is 13.4. The molecule has 3 aromatic rings. The van der Waals surface area contributed by atoms with Crippen LogP contribution in [0.3, 0.4) is 0 Å². The fourth-order valence-electron chi connectivity index (χ4n) is 4.71. The second-order valence-corrected chi connectivity index (χ2v) is 10.7. The van der Waals surface area contributed by atoms with Gasteiger partial charge in [-0.1, -0.05) is 86.3 Å². The van der Waals surface area contributed by atoms with E-state index in [1.165, 1.54) is 79.1 Å². The van der Waals surface area contributed by atoms with Crippen molar-refractivity contribution in [3.8, 4) is 0 Å². The minimum Gasteiger partial charge on any atom is -1.00 e. The van der Waals surface area contributed by atoms with E-state index in [0.717, 1.165) is 18.2 Å². The summed E-state index contributed by atoms with van der Waals surface area (Å²) in [5, 5.41) is 2.55. The highest BCUT2D eigenvalue weighted by Gasteiger charge is 2.14. The van der Waals surface area contributed by atoms with Crippen LogP contribution in [0.15, 0.2) is 59.6 Å². The second kappa shape index (κ2) is 13.4. The first kappa shape index (κ1) is 26.1. The van der Waals surface area contributed by atoms with Gasteiger partial charge in [0.05, 0.1) is 14.9 Å². The molecule has 172 valence electrons. The molecule has 0 saturated heterocycles. The van der Waals surface area contributed by atoms with Crippen molar-refractivity contribution in [1.82, 2.24) is 0 Å². The largest absolute Gasteiger partial charge is 1.00 e. The highest BCUT2D eigenvalue weighted by atomic mass is 127. The summed E-state index contributed by atoms with van der Waals surface area (Å²) in [6.45, 7) is 1.09. The Morgan fingerprint density at radius 1 is 0.875 bits per heavy atom. The van der Waals surface area contributed by atoms with Gasteiger partial charge in [-0.3, -0.25) is 0 Å². The molecule has 0 radical (unpaired) electrons. The van der Waals surface area contributed by atoms with Gasteiger partial charge in [0, 0.05) is 23.6 Å². The van der Waals surface area contributed by atoms with Crippen LogP contribution in [0.5, 0.6) is 0 Å². The molecule has 32 heavy (non-hydrogen) atoms. The van der Waals surface area contributed by atoms with Crippen LogP contribution in [0, 0.1) is 5.92 Å². The minimum atomic E-state index is 0. The number of para-hydroxylation sites is 1. The molecule has 1 heterocycles. The molecule has 0 spiro atoms. The zero-order valence-electron chi connectivity index (χ0n) is 18.5. The van der Waals surface area contributed by atoms with Crippen molar-refractivity contribution in [2.24, 2.45) is 5.92 Å². The van der Waals surface area contributed by atoms with E-state index in [1.807, 2.05) is 23.9 Å². The number of unbranched alkanes of at least 4 members (excludes halogenated alkanes) is 2. The van der Waals surface area contributed by atoms with Gasteiger partial charge in [0.25, 0.3) is 0 Å². The maximum Gasteiger partial charge on any atom is 0.212 e. The van der Waals surface area contributed by atoms with Crippen molar-refractivity contribution in [2.45, 2.75) is 75.0 Å². The summed E-state index contributed by atoms with van der Waals surface area (Å²) in [7, 11) is 0. The van der Waals surface area contributed by atoms with E-state index in [4.69, 9.17) is 23.2 Å². The molecule has 0 aliphatic heterocycles. The van der Waals surface area contributed by atoms with E-state index in [-0.39, 0.29) is 24.0 Å². The SMILES string of the molecule is Clc1ccc(CSc2cc3ccccc3[n+](CCCCCC3CCCCC3)c2)cc1Cl.[I-]. The molecule has 2 aromatic carbocycles. The van der Waals surface area contributed by atoms with Crippen LogP contribution in [0.1, 0.15) is 63.4 Å². The Hall–Kier alpha value is -0.490. The Kier molecular flexibility index (Phi) is 10.9. The lowest BCUT2D eigenvalue weighted by Crippen LogP contribution is -3.00. The molecule has 0 unspecified atom stereocenters. The molecule has 1 fully saturated rings. The van der Waals surface area contributed by atoms with Crippen molar-refractivity contribution < 1.29 is 28.5 Å². The molecule has 4 rings (SSSR count). The molecule has 1 aliphatic carbocycles. The van der Waals surface area contributed by atoms with Crippen molar-refractivity contribution >= 4 is 45.9 Å². The fraction of sp³-hybridized carbons (Fsp3) is 0.444. The molecule has 1 saturated carbocycles. The molecule has 5 heteroatoms. The summed E-state index contributed by atoms with van der Waals surface area (Å²) in [6.07, 6.45) is 15.0. The highest BCUT2D eigenvalue weighted by Crippen LogP contribution is 2.29. The first-order valence-electron chi connectivity index (χ1n) is 11.7. The number of aromatic nitrogens is 1. The summed E-state index contributed by atoms with van der Waals surface area (Å²) >= 11 is 14.1. The third-order valence-corrected chi connectivity index (χ3v) is 8.23. The van der Waals surface area contributed by atoms with Crippen LogP contribution in [0.25, 0.3) is 10.9 Å². The van der Waals surface area contributed by atoms with Crippen molar-refractivity contribution in [2.75, 3.05) is 0 Å². The van der Waals surface area contributed by atoms with Crippen LogP contribution >= 0.6 is 35.0 Å². The quantitative estimate of drug-likeness (QED) is 0.129. The van der Waals surface area contributed by atoms with Gasteiger partial charge in [-0.15, -0.1) is 11.8 Å². The van der Waals surface area contributed by atoms with E-state index < -0.39 is 0 Å². The Labute approximate surface area is 224 Å². The van der Waals surface area contributed by atoms with Gasteiger partial charge in [-0.25, -0.2) is 0 Å². The van der Waals surface area contributed by atoms with E-state index in [9.17, 15) is 0 Å². The van der Waals surface area contributed by atoms with Gasteiger partial charge >= 0.3 is 0 Å². The molecule has 1 aliphatic rings. The average Bonchev–Trinajstić information content (AvgIpc) is 2.80. The molecular formula is C27H32Cl2INS. The number of pyridine rings is 1. The lowest BCUT2D eigenvalue weighted by Gasteiger charge is -2.21. The van der Waals surface area contributed by atoms with Gasteiger partial charge in [0.15, 0.2) is 6.20 Å². The molecule has 1 aromatic heterocycles. The summed E-state index contributed by atoms with van der Waals surface area (Å²) in [4.78, 5) is 1.30. The predicted molar refractivity (Wildman–Crippen MR) is 135 cm³/mol. The lowest BCUT2D eigenvalue weighted by molar-refractivity contribution is -0.673. The number of hydrogen-bond acceptors (Lipinski definition) is 1. The Morgan fingerprint density at radius 2 is 1.69 bits per heavy atom. The Balaban J connectivity index is 0.00000289. The van der Waals surface area contributed by atoms with Crippen LogP contribution in [0.2, 0.25) is 10.0 Å². The number of benzene rings is 2. The topological polar surface area (TPSA) is 3.88 Å². The van der Waals surface area contributed by atoms with Crippen LogP contribution in [-0.4, -0.2) is 0 Å². The van der Waals surface area contributed by atoms with Crippen molar-refractivity contribution in [3.63, 3.8) is 0 Å². The first-order chi connectivity index (χ1) is 15.2. The number of fused-ring (bicyclic) bond motifs is 1. The zero-order chi connectivity index (χ0) is 21.5. The second-order valence-electron chi connectivity index (χ2n) is 8.82. The summed E-state index contributed by atoms with van der Waals surface area (Å²) in [5.41, 5.74) is 2.52. The van der Waals surface area contributed by atoms with Gasteiger partial charge in [0.2, 0.25) is 5.52 Å². The smallest absolute Gasteiger partial charge is 0.212 e. The van der Waals surface area contributed by atoms with Gasteiger partial charge in [0.1, 0.15) is 6.54 Å². The van der Waals surface area contributed by atoms with Crippen LogP contribution < -0.4 is 28.5 Å². The number of halogens is 3. The molecule has 0 N–H and O–H groups in total. The van der Waals surface area contributed by atoms with Gasteiger partial charge in [-0.05, 0) is 42.2 Å². The van der Waals surface area contributed by atoms with Gasteiger partial charge in [-0.2, -0.15) is 4.57 Å². The maximum atomic E-state index is 6.19. The number of rotatable bonds is 9. The standard InChI is InChI=1S/C27H32Cl2NS.HI/c28-25-15-14-22(17-26(25)29)20-31-24-18-23-12-6-7-13-27(23)30(19-24)16-8-2-5-11-21-9-3-1-4-10-21;/h6-7,12-15,17-19,21H,1-5,8-11,16,20H2;1H/q+1;/p-1. The molecular weight excluding hydrogens is 568 g/mol. The monoisotopic (exact) mass is 599 g/mol. The van der Waals surface area contributed by atoms with Crippen molar-refractivity contribution in [3.05, 3.63) is 70.3 Å². The third-order valence-electron chi connectivity index (χ3n) is 6.45. The van der Waals surface area contributed by atoms with E-state index in [0.29, 0.717) is 10.0 Å². The van der Waals surface area contributed by atoms with Crippen LogP contribution in [0.4, 0.5) is 0 Å². The van der Waals surface area contributed by atoms with Gasteiger partial charge < -0.3 is 24.0 Å². The average molecular weight is 600 g/mol. The molecule has 1 nitrogen and oxygen atoms in total. The number of aryl methyl sites for hydroxylation is 1. The summed E-state index contributed by atoms with van der Waals surface area (Å²) in [6, 6.07) is 16.9. The number of hydrogen-bond donors (Lipinski definition) is 0. The maximum absolute atomic E-state index is 6.19.